The van der Waals surface area contributed by atoms with E-state index in [1.807, 2.05) is 0 Å². The van der Waals surface area contributed by atoms with Gasteiger partial charge in [0, 0.05) is 18.5 Å². The summed E-state index contributed by atoms with van der Waals surface area (Å²) in [5, 5.41) is 0. The lowest BCUT2D eigenvalue weighted by Crippen LogP contribution is -2.28. The lowest BCUT2D eigenvalue weighted by Gasteiger charge is -2.22. The summed E-state index contributed by atoms with van der Waals surface area (Å²) in [6.45, 7) is 1.68. The Morgan fingerprint density at radius 1 is 1.13 bits per heavy atom. The molecule has 1 aromatic heterocycles. The molecule has 12 heteroatoms. The minimum absolute atomic E-state index is 0.130. The molecule has 1 aromatic carbocycles. The molecule has 0 aliphatic carbocycles. The second-order valence-electron chi connectivity index (χ2n) is 5.92. The van der Waals surface area contributed by atoms with E-state index in [-0.39, 0.29) is 11.4 Å². The second-order valence-corrected chi connectivity index (χ2v) is 5.92. The predicted octanol–water partition coefficient (Wildman–Crippen LogP) is 4.85. The van der Waals surface area contributed by atoms with Crippen LogP contribution in [0, 0.1) is 5.82 Å². The Hall–Kier alpha value is -3.44. The van der Waals surface area contributed by atoms with Gasteiger partial charge in [0.2, 0.25) is 5.91 Å². The summed E-state index contributed by atoms with van der Waals surface area (Å²) in [7, 11) is 0. The van der Waals surface area contributed by atoms with Crippen LogP contribution >= 0.6 is 0 Å². The summed E-state index contributed by atoms with van der Waals surface area (Å²) >= 11 is 0. The first kappa shape index (κ1) is 23.8. The summed E-state index contributed by atoms with van der Waals surface area (Å²) in [5.41, 5.74) is -1.61. The first-order valence-electron chi connectivity index (χ1n) is 8.39. The second kappa shape index (κ2) is 9.58. The van der Waals surface area contributed by atoms with Gasteiger partial charge in [-0.15, -0.1) is 0 Å². The van der Waals surface area contributed by atoms with Gasteiger partial charge < -0.3 is 4.74 Å². The highest BCUT2D eigenvalue weighted by atomic mass is 19.4. The topological polar surface area (TPSA) is 55.3 Å². The maximum absolute atomic E-state index is 13.6. The standard InChI is InChI=1S/C19H14F7N3O2/c1-2-3-6-29(14-5-4-12(20)7-15(14)31-11-18(21,22)23)17(30)8-13-9-28-16(10-27-13)19(24,25)26/h2-7,9-10H,1,8,11H2/b6-3-. The molecule has 0 aliphatic heterocycles. The van der Waals surface area contributed by atoms with Crippen molar-refractivity contribution < 1.29 is 40.3 Å². The molecule has 31 heavy (non-hydrogen) atoms. The summed E-state index contributed by atoms with van der Waals surface area (Å²) in [6.07, 6.45) is -5.13. The molecular formula is C19H14F7N3O2. The number of ether oxygens (including phenoxy) is 1. The van der Waals surface area contributed by atoms with E-state index in [9.17, 15) is 35.5 Å². The van der Waals surface area contributed by atoms with Crippen molar-refractivity contribution in [2.24, 2.45) is 0 Å². The van der Waals surface area contributed by atoms with Gasteiger partial charge in [-0.05, 0) is 18.2 Å². The fourth-order valence-electron chi connectivity index (χ4n) is 2.24. The van der Waals surface area contributed by atoms with Crippen molar-refractivity contribution in [2.45, 2.75) is 18.8 Å². The van der Waals surface area contributed by atoms with Crippen LogP contribution in [0.15, 0.2) is 55.5 Å². The van der Waals surface area contributed by atoms with Gasteiger partial charge in [0.1, 0.15) is 11.6 Å². The number of anilines is 1. The zero-order valence-corrected chi connectivity index (χ0v) is 15.5. The van der Waals surface area contributed by atoms with Crippen molar-refractivity contribution in [3.8, 4) is 5.75 Å². The summed E-state index contributed by atoms with van der Waals surface area (Å²) < 4.78 is 93.5. The molecular weight excluding hydrogens is 435 g/mol. The highest BCUT2D eigenvalue weighted by Crippen LogP contribution is 2.32. The lowest BCUT2D eigenvalue weighted by molar-refractivity contribution is -0.153. The quantitative estimate of drug-likeness (QED) is 0.448. The maximum Gasteiger partial charge on any atom is 0.434 e. The van der Waals surface area contributed by atoms with Gasteiger partial charge in [-0.1, -0.05) is 12.7 Å². The minimum atomic E-state index is -4.72. The van der Waals surface area contributed by atoms with E-state index >= 15 is 0 Å². The average Bonchev–Trinajstić information content (AvgIpc) is 2.67. The number of rotatable bonds is 7. The average molecular weight is 449 g/mol. The molecule has 2 aromatic rings. The van der Waals surface area contributed by atoms with Crippen LogP contribution in [-0.4, -0.2) is 28.7 Å². The Morgan fingerprint density at radius 2 is 1.84 bits per heavy atom. The molecule has 0 bridgehead atoms. The van der Waals surface area contributed by atoms with Crippen LogP contribution in [0.25, 0.3) is 0 Å². The molecule has 1 amide bonds. The normalized spacial score (nSPS) is 12.1. The number of benzene rings is 1. The highest BCUT2D eigenvalue weighted by molar-refractivity contribution is 5.97. The summed E-state index contributed by atoms with van der Waals surface area (Å²) in [5.74, 6) is -2.29. The maximum atomic E-state index is 13.6. The first-order valence-corrected chi connectivity index (χ1v) is 8.39. The van der Waals surface area contributed by atoms with Crippen molar-refractivity contribution in [1.29, 1.82) is 0 Å². The van der Waals surface area contributed by atoms with Crippen LogP contribution < -0.4 is 9.64 Å². The molecule has 0 aliphatic rings. The third-order valence-corrected chi connectivity index (χ3v) is 3.54. The van der Waals surface area contributed by atoms with Gasteiger partial charge in [0.05, 0.1) is 24.0 Å². The Bertz CT molecular complexity index is 954. The van der Waals surface area contributed by atoms with E-state index in [0.717, 1.165) is 29.4 Å². The van der Waals surface area contributed by atoms with Gasteiger partial charge >= 0.3 is 12.4 Å². The van der Waals surface area contributed by atoms with E-state index in [2.05, 4.69) is 21.3 Å². The zero-order chi connectivity index (χ0) is 23.2. The van der Waals surface area contributed by atoms with E-state index in [0.29, 0.717) is 12.3 Å². The van der Waals surface area contributed by atoms with Gasteiger partial charge in [0.15, 0.2) is 12.3 Å². The summed E-state index contributed by atoms with van der Waals surface area (Å²) in [6, 6.07) is 2.58. The molecule has 0 fully saturated rings. The molecule has 0 N–H and O–H groups in total. The SMILES string of the molecule is C=C/C=C\N(C(=O)Cc1cnc(C(F)(F)F)cn1)c1ccc(F)cc1OCC(F)(F)F. The van der Waals surface area contributed by atoms with E-state index < -0.39 is 48.5 Å². The van der Waals surface area contributed by atoms with E-state index in [4.69, 9.17) is 0 Å². The monoisotopic (exact) mass is 449 g/mol. The Balaban J connectivity index is 2.34. The van der Waals surface area contributed by atoms with Gasteiger partial charge in [-0.2, -0.15) is 26.3 Å². The van der Waals surface area contributed by atoms with E-state index in [1.54, 1.807) is 0 Å². The van der Waals surface area contributed by atoms with E-state index in [1.165, 1.54) is 12.2 Å². The minimum Gasteiger partial charge on any atom is -0.482 e. The van der Waals surface area contributed by atoms with Crippen molar-refractivity contribution in [2.75, 3.05) is 11.5 Å². The number of carbonyl (C=O) groups is 1. The Morgan fingerprint density at radius 3 is 2.39 bits per heavy atom. The molecule has 0 spiro atoms. The molecule has 166 valence electrons. The van der Waals surface area contributed by atoms with Crippen LogP contribution in [-0.2, 0) is 17.4 Å². The number of aromatic nitrogens is 2. The number of halogens is 7. The van der Waals surface area contributed by atoms with Gasteiger partial charge in [0.25, 0.3) is 0 Å². The van der Waals surface area contributed by atoms with Crippen molar-refractivity contribution in [3.63, 3.8) is 0 Å². The Kier molecular flexibility index (Phi) is 7.37. The van der Waals surface area contributed by atoms with Gasteiger partial charge in [-0.25, -0.2) is 9.37 Å². The van der Waals surface area contributed by atoms with Gasteiger partial charge in [-0.3, -0.25) is 14.7 Å². The zero-order valence-electron chi connectivity index (χ0n) is 15.5. The van der Waals surface area contributed by atoms with Crippen molar-refractivity contribution in [3.05, 3.63) is 72.7 Å². The third-order valence-electron chi connectivity index (χ3n) is 3.54. The molecule has 0 atom stereocenters. The first-order chi connectivity index (χ1) is 14.4. The molecule has 5 nitrogen and oxygen atoms in total. The summed E-state index contributed by atoms with van der Waals surface area (Å²) in [4.78, 5) is 20.3. The Labute approximate surface area is 171 Å². The molecule has 0 radical (unpaired) electrons. The van der Waals surface area contributed by atoms with Crippen molar-refractivity contribution in [1.82, 2.24) is 9.97 Å². The highest BCUT2D eigenvalue weighted by Gasteiger charge is 2.33. The molecule has 0 saturated carbocycles. The number of hydrogen-bond donors (Lipinski definition) is 0. The molecule has 1 heterocycles. The lowest BCUT2D eigenvalue weighted by atomic mass is 10.2. The van der Waals surface area contributed by atoms with Crippen LogP contribution in [0.4, 0.5) is 36.4 Å². The smallest absolute Gasteiger partial charge is 0.434 e. The fraction of sp³-hybridized carbons (Fsp3) is 0.211. The van der Waals surface area contributed by atoms with Crippen molar-refractivity contribution >= 4 is 11.6 Å². The number of alkyl halides is 6. The molecule has 2 rings (SSSR count). The number of hydrogen-bond acceptors (Lipinski definition) is 4. The van der Waals surface area contributed by atoms with Crippen LogP contribution in [0.2, 0.25) is 0 Å². The predicted molar refractivity (Wildman–Crippen MR) is 95.5 cm³/mol. The molecule has 0 unspecified atom stereocenters. The number of allylic oxidation sites excluding steroid dienone is 2. The third kappa shape index (κ3) is 7.08. The largest absolute Gasteiger partial charge is 0.482 e. The van der Waals surface area contributed by atoms with Crippen LogP contribution in [0.1, 0.15) is 11.4 Å². The fourth-order valence-corrected chi connectivity index (χ4v) is 2.24. The number of carbonyl (C=O) groups excluding carboxylic acids is 1. The molecule has 0 saturated heterocycles. The van der Waals surface area contributed by atoms with Crippen LogP contribution in [0.3, 0.4) is 0 Å². The van der Waals surface area contributed by atoms with Crippen LogP contribution in [0.5, 0.6) is 5.75 Å². The number of nitrogens with zero attached hydrogens (tertiary/aromatic N) is 3. The number of amides is 1.